The molecule has 0 aliphatic heterocycles. The number of halogens is 1. The number of carbonyl (C=O) groups is 1. The maximum atomic E-state index is 13.5. The van der Waals surface area contributed by atoms with Crippen LogP contribution in [0.15, 0.2) is 0 Å². The standard InChI is InChI=1S/C7H13FO4S/c1-3-5-7(8,6(9)4-2)13(10,11)12/h3-5H2,1-2H3,(H,10,11,12). The summed E-state index contributed by atoms with van der Waals surface area (Å²) in [5.41, 5.74) is 0. The molecular weight excluding hydrogens is 199 g/mol. The predicted octanol–water partition coefficient (Wildman–Crippen LogP) is 1.32. The summed E-state index contributed by atoms with van der Waals surface area (Å²) < 4.78 is 43.3. The fourth-order valence-electron chi connectivity index (χ4n) is 0.998. The fraction of sp³-hybridized carbons (Fsp3) is 0.857. The highest BCUT2D eigenvalue weighted by Gasteiger charge is 2.48. The molecule has 1 unspecified atom stereocenters. The van der Waals surface area contributed by atoms with Crippen LogP contribution in [-0.2, 0) is 14.9 Å². The van der Waals surface area contributed by atoms with Crippen molar-refractivity contribution in [3.63, 3.8) is 0 Å². The Bertz CT molecular complexity index is 285. The second kappa shape index (κ2) is 4.15. The molecule has 1 atom stereocenters. The van der Waals surface area contributed by atoms with Gasteiger partial charge < -0.3 is 0 Å². The van der Waals surface area contributed by atoms with Crippen LogP contribution in [0, 0.1) is 0 Å². The van der Waals surface area contributed by atoms with E-state index < -0.39 is 27.3 Å². The van der Waals surface area contributed by atoms with Crippen molar-refractivity contribution in [3.8, 4) is 0 Å². The Morgan fingerprint density at radius 2 is 1.92 bits per heavy atom. The average Bonchev–Trinajstić information content (AvgIpc) is 2.01. The normalized spacial score (nSPS) is 16.6. The summed E-state index contributed by atoms with van der Waals surface area (Å²) in [6.45, 7) is 2.87. The summed E-state index contributed by atoms with van der Waals surface area (Å²) >= 11 is 0. The van der Waals surface area contributed by atoms with E-state index in [2.05, 4.69) is 0 Å². The van der Waals surface area contributed by atoms with E-state index in [1.807, 2.05) is 0 Å². The molecule has 0 aromatic heterocycles. The van der Waals surface area contributed by atoms with Gasteiger partial charge in [0.1, 0.15) is 0 Å². The Hall–Kier alpha value is -0.490. The molecule has 6 heteroatoms. The quantitative estimate of drug-likeness (QED) is 0.697. The first kappa shape index (κ1) is 12.5. The van der Waals surface area contributed by atoms with E-state index in [0.29, 0.717) is 0 Å². The summed E-state index contributed by atoms with van der Waals surface area (Å²) in [6, 6.07) is 0. The minimum atomic E-state index is -4.95. The third kappa shape index (κ3) is 2.47. The summed E-state index contributed by atoms with van der Waals surface area (Å²) in [6.07, 6.45) is -0.586. The number of alkyl halides is 1. The van der Waals surface area contributed by atoms with Gasteiger partial charge in [-0.05, 0) is 0 Å². The first-order chi connectivity index (χ1) is 5.79. The largest absolute Gasteiger partial charge is 0.307 e. The fourth-order valence-corrected chi connectivity index (χ4v) is 1.89. The SMILES string of the molecule is CCCC(F)(C(=O)CC)S(=O)(=O)O. The lowest BCUT2D eigenvalue weighted by Gasteiger charge is -2.18. The monoisotopic (exact) mass is 212 g/mol. The molecule has 0 fully saturated rings. The summed E-state index contributed by atoms with van der Waals surface area (Å²) in [5, 5.41) is -3.11. The van der Waals surface area contributed by atoms with Gasteiger partial charge in [0, 0.05) is 12.8 Å². The van der Waals surface area contributed by atoms with Gasteiger partial charge in [0.05, 0.1) is 0 Å². The van der Waals surface area contributed by atoms with Crippen LogP contribution < -0.4 is 0 Å². The molecule has 0 rings (SSSR count). The molecule has 0 heterocycles. The number of Topliss-reactive ketones (excluding diaryl/α,β-unsaturated/α-hetero) is 1. The lowest BCUT2D eigenvalue weighted by Crippen LogP contribution is -2.41. The van der Waals surface area contributed by atoms with Crippen molar-refractivity contribution in [2.75, 3.05) is 0 Å². The maximum Gasteiger partial charge on any atom is 0.307 e. The zero-order valence-electron chi connectivity index (χ0n) is 7.58. The Labute approximate surface area is 76.9 Å². The third-order valence-electron chi connectivity index (χ3n) is 1.72. The lowest BCUT2D eigenvalue weighted by atomic mass is 10.1. The summed E-state index contributed by atoms with van der Waals surface area (Å²) in [7, 11) is -4.95. The van der Waals surface area contributed by atoms with Crippen molar-refractivity contribution in [3.05, 3.63) is 0 Å². The van der Waals surface area contributed by atoms with E-state index in [1.54, 1.807) is 0 Å². The molecule has 0 radical (unpaired) electrons. The first-order valence-corrected chi connectivity index (χ1v) is 5.42. The van der Waals surface area contributed by atoms with E-state index in [-0.39, 0.29) is 12.8 Å². The van der Waals surface area contributed by atoms with Crippen molar-refractivity contribution >= 4 is 15.9 Å². The van der Waals surface area contributed by atoms with Gasteiger partial charge in [0.2, 0.25) is 0 Å². The van der Waals surface area contributed by atoms with Crippen molar-refractivity contribution in [1.82, 2.24) is 0 Å². The molecule has 0 aromatic carbocycles. The van der Waals surface area contributed by atoms with E-state index in [4.69, 9.17) is 4.55 Å². The molecule has 0 spiro atoms. The second-order valence-electron chi connectivity index (χ2n) is 2.73. The Morgan fingerprint density at radius 1 is 1.46 bits per heavy atom. The van der Waals surface area contributed by atoms with Gasteiger partial charge >= 0.3 is 10.1 Å². The smallest absolute Gasteiger partial charge is 0.295 e. The molecule has 0 bridgehead atoms. The highest BCUT2D eigenvalue weighted by atomic mass is 32.2. The molecule has 0 aromatic rings. The number of hydrogen-bond donors (Lipinski definition) is 1. The number of ketones is 1. The average molecular weight is 212 g/mol. The summed E-state index contributed by atoms with van der Waals surface area (Å²) in [5.74, 6) is -1.10. The lowest BCUT2D eigenvalue weighted by molar-refractivity contribution is -0.126. The molecule has 0 saturated carbocycles. The first-order valence-electron chi connectivity index (χ1n) is 3.98. The summed E-state index contributed by atoms with van der Waals surface area (Å²) in [4.78, 5) is 11.0. The van der Waals surface area contributed by atoms with Crippen LogP contribution in [0.3, 0.4) is 0 Å². The molecule has 0 aliphatic rings. The van der Waals surface area contributed by atoms with E-state index in [9.17, 15) is 17.6 Å². The molecule has 78 valence electrons. The van der Waals surface area contributed by atoms with Crippen LogP contribution in [0.4, 0.5) is 4.39 Å². The van der Waals surface area contributed by atoms with Crippen LogP contribution in [0.5, 0.6) is 0 Å². The highest BCUT2D eigenvalue weighted by molar-refractivity contribution is 7.87. The van der Waals surface area contributed by atoms with Gasteiger partial charge in [-0.1, -0.05) is 20.3 Å². The zero-order chi connectivity index (χ0) is 10.7. The predicted molar refractivity (Wildman–Crippen MR) is 45.6 cm³/mol. The van der Waals surface area contributed by atoms with Gasteiger partial charge in [-0.3, -0.25) is 9.35 Å². The van der Waals surface area contributed by atoms with Crippen LogP contribution >= 0.6 is 0 Å². The number of rotatable bonds is 5. The van der Waals surface area contributed by atoms with E-state index in [0.717, 1.165) is 0 Å². The Morgan fingerprint density at radius 3 is 2.15 bits per heavy atom. The van der Waals surface area contributed by atoms with Crippen LogP contribution in [0.25, 0.3) is 0 Å². The van der Waals surface area contributed by atoms with Gasteiger partial charge in [0.15, 0.2) is 5.78 Å². The van der Waals surface area contributed by atoms with Gasteiger partial charge in [0.25, 0.3) is 5.00 Å². The highest BCUT2D eigenvalue weighted by Crippen LogP contribution is 2.26. The van der Waals surface area contributed by atoms with Crippen LogP contribution in [-0.4, -0.2) is 23.8 Å². The molecule has 1 N–H and O–H groups in total. The van der Waals surface area contributed by atoms with Crippen molar-refractivity contribution < 1.29 is 22.2 Å². The minimum absolute atomic E-state index is 0.169. The van der Waals surface area contributed by atoms with Crippen molar-refractivity contribution in [2.45, 2.75) is 38.1 Å². The van der Waals surface area contributed by atoms with Gasteiger partial charge in [-0.2, -0.15) is 8.42 Å². The maximum absolute atomic E-state index is 13.5. The third-order valence-corrected chi connectivity index (χ3v) is 2.97. The topological polar surface area (TPSA) is 71.4 Å². The Kier molecular flexibility index (Phi) is 3.99. The number of carbonyl (C=O) groups excluding carboxylic acids is 1. The van der Waals surface area contributed by atoms with Crippen molar-refractivity contribution in [2.24, 2.45) is 0 Å². The van der Waals surface area contributed by atoms with Gasteiger partial charge in [-0.15, -0.1) is 0 Å². The molecular formula is C7H13FO4S. The van der Waals surface area contributed by atoms with Crippen LogP contribution in [0.1, 0.15) is 33.1 Å². The second-order valence-corrected chi connectivity index (χ2v) is 4.33. The van der Waals surface area contributed by atoms with E-state index >= 15 is 0 Å². The molecule has 13 heavy (non-hydrogen) atoms. The molecule has 0 amide bonds. The molecule has 0 saturated heterocycles. The molecule has 4 nitrogen and oxygen atoms in total. The number of hydrogen-bond acceptors (Lipinski definition) is 3. The minimum Gasteiger partial charge on any atom is -0.295 e. The zero-order valence-corrected chi connectivity index (χ0v) is 8.40. The molecule has 0 aliphatic carbocycles. The van der Waals surface area contributed by atoms with Crippen molar-refractivity contribution in [1.29, 1.82) is 0 Å². The van der Waals surface area contributed by atoms with Gasteiger partial charge in [-0.25, -0.2) is 4.39 Å². The Balaban J connectivity index is 5.08. The van der Waals surface area contributed by atoms with Crippen LogP contribution in [0.2, 0.25) is 0 Å². The van der Waals surface area contributed by atoms with E-state index in [1.165, 1.54) is 13.8 Å².